The molecular weight excluding hydrogens is 357 g/mol. The highest BCUT2D eigenvalue weighted by Crippen LogP contribution is 2.22. The summed E-state index contributed by atoms with van der Waals surface area (Å²) < 4.78 is 5.12. The Morgan fingerprint density at radius 3 is 2.67 bits per heavy atom. The quantitative estimate of drug-likeness (QED) is 0.343. The highest BCUT2D eigenvalue weighted by Gasteiger charge is 2.09. The van der Waals surface area contributed by atoms with E-state index < -0.39 is 10.9 Å². The Bertz CT molecular complexity index is 738. The SMILES string of the molecule is O=C(OCCCNc1ccc([N+](=O)[O-])cn1)c1ccc(Cl)c(Cl)c1. The van der Waals surface area contributed by atoms with Gasteiger partial charge in [-0.05, 0) is 30.7 Å². The molecule has 0 atom stereocenters. The fourth-order valence-corrected chi connectivity index (χ4v) is 2.06. The topological polar surface area (TPSA) is 94.4 Å². The number of carbonyl (C=O) groups is 1. The zero-order valence-electron chi connectivity index (χ0n) is 12.4. The van der Waals surface area contributed by atoms with Crippen molar-refractivity contribution in [2.24, 2.45) is 0 Å². The van der Waals surface area contributed by atoms with Crippen LogP contribution in [0.25, 0.3) is 0 Å². The number of anilines is 1. The van der Waals surface area contributed by atoms with Gasteiger partial charge in [0.2, 0.25) is 0 Å². The summed E-state index contributed by atoms with van der Waals surface area (Å²) in [4.78, 5) is 25.7. The van der Waals surface area contributed by atoms with Crippen LogP contribution in [-0.2, 0) is 4.74 Å². The van der Waals surface area contributed by atoms with Crippen LogP contribution in [-0.4, -0.2) is 29.0 Å². The van der Waals surface area contributed by atoms with Crippen LogP contribution in [0.4, 0.5) is 11.5 Å². The molecule has 0 fully saturated rings. The maximum atomic E-state index is 11.8. The summed E-state index contributed by atoms with van der Waals surface area (Å²) in [5.41, 5.74) is 0.255. The number of aromatic nitrogens is 1. The van der Waals surface area contributed by atoms with Gasteiger partial charge in [-0.2, -0.15) is 0 Å². The van der Waals surface area contributed by atoms with E-state index >= 15 is 0 Å². The van der Waals surface area contributed by atoms with Crippen molar-refractivity contribution in [3.8, 4) is 0 Å². The van der Waals surface area contributed by atoms with Gasteiger partial charge in [0.05, 0.1) is 27.1 Å². The lowest BCUT2D eigenvalue weighted by atomic mass is 10.2. The molecule has 0 bridgehead atoms. The number of rotatable bonds is 7. The number of halogens is 2. The summed E-state index contributed by atoms with van der Waals surface area (Å²) >= 11 is 11.6. The molecule has 0 spiro atoms. The minimum Gasteiger partial charge on any atom is -0.462 e. The van der Waals surface area contributed by atoms with Crippen LogP contribution in [0.3, 0.4) is 0 Å². The van der Waals surface area contributed by atoms with E-state index in [0.29, 0.717) is 29.4 Å². The van der Waals surface area contributed by atoms with Gasteiger partial charge in [0.15, 0.2) is 0 Å². The maximum Gasteiger partial charge on any atom is 0.338 e. The number of esters is 1. The van der Waals surface area contributed by atoms with E-state index in [1.54, 1.807) is 0 Å². The van der Waals surface area contributed by atoms with Crippen molar-refractivity contribution >= 4 is 40.7 Å². The zero-order valence-corrected chi connectivity index (χ0v) is 13.9. The van der Waals surface area contributed by atoms with Crippen LogP contribution in [0.1, 0.15) is 16.8 Å². The lowest BCUT2D eigenvalue weighted by molar-refractivity contribution is -0.385. The van der Waals surface area contributed by atoms with Gasteiger partial charge < -0.3 is 10.1 Å². The molecule has 24 heavy (non-hydrogen) atoms. The molecule has 1 aromatic carbocycles. The highest BCUT2D eigenvalue weighted by atomic mass is 35.5. The molecule has 0 unspecified atom stereocenters. The Kier molecular flexibility index (Phi) is 6.34. The molecule has 0 saturated carbocycles. The molecule has 1 aromatic heterocycles. The summed E-state index contributed by atoms with van der Waals surface area (Å²) in [7, 11) is 0. The third kappa shape index (κ3) is 5.07. The minimum atomic E-state index is -0.515. The van der Waals surface area contributed by atoms with E-state index in [-0.39, 0.29) is 17.3 Å². The van der Waals surface area contributed by atoms with Gasteiger partial charge in [-0.3, -0.25) is 10.1 Å². The molecular formula is C15H13Cl2N3O4. The number of nitro groups is 1. The van der Waals surface area contributed by atoms with Gasteiger partial charge in [-0.1, -0.05) is 23.2 Å². The number of hydrogen-bond donors (Lipinski definition) is 1. The number of carbonyl (C=O) groups excluding carboxylic acids is 1. The molecule has 0 aliphatic carbocycles. The molecule has 2 aromatic rings. The Hall–Kier alpha value is -2.38. The molecule has 0 amide bonds. The van der Waals surface area contributed by atoms with Gasteiger partial charge >= 0.3 is 5.97 Å². The third-order valence-corrected chi connectivity index (χ3v) is 3.71. The zero-order chi connectivity index (χ0) is 17.5. The van der Waals surface area contributed by atoms with Gasteiger partial charge in [-0.25, -0.2) is 9.78 Å². The molecule has 0 aliphatic rings. The Morgan fingerprint density at radius 1 is 1.25 bits per heavy atom. The summed E-state index contributed by atoms with van der Waals surface area (Å²) in [5, 5.41) is 14.1. The molecule has 1 N–H and O–H groups in total. The van der Waals surface area contributed by atoms with Gasteiger partial charge in [0.25, 0.3) is 5.69 Å². The monoisotopic (exact) mass is 369 g/mol. The summed E-state index contributed by atoms with van der Waals surface area (Å²) in [6.45, 7) is 0.707. The number of nitrogens with zero attached hydrogens (tertiary/aromatic N) is 2. The fraction of sp³-hybridized carbons (Fsp3) is 0.200. The average Bonchev–Trinajstić information content (AvgIpc) is 2.57. The smallest absolute Gasteiger partial charge is 0.338 e. The van der Waals surface area contributed by atoms with Crippen molar-refractivity contribution in [2.45, 2.75) is 6.42 Å². The fourth-order valence-electron chi connectivity index (χ4n) is 1.76. The number of ether oxygens (including phenoxy) is 1. The molecule has 1 heterocycles. The van der Waals surface area contributed by atoms with E-state index in [9.17, 15) is 14.9 Å². The van der Waals surface area contributed by atoms with Gasteiger partial charge in [0, 0.05) is 12.6 Å². The Morgan fingerprint density at radius 2 is 2.04 bits per heavy atom. The van der Waals surface area contributed by atoms with Gasteiger partial charge in [0.1, 0.15) is 12.0 Å². The molecule has 7 nitrogen and oxygen atoms in total. The molecule has 0 aliphatic heterocycles. The van der Waals surface area contributed by atoms with Gasteiger partial charge in [-0.15, -0.1) is 0 Å². The third-order valence-electron chi connectivity index (χ3n) is 2.97. The predicted molar refractivity (Wildman–Crippen MR) is 90.7 cm³/mol. The predicted octanol–water partition coefficient (Wildman–Crippen LogP) is 3.96. The Balaban J connectivity index is 1.71. The molecule has 0 saturated heterocycles. The first kappa shape index (κ1) is 18.0. The lowest BCUT2D eigenvalue weighted by Gasteiger charge is -2.07. The van der Waals surface area contributed by atoms with E-state index in [4.69, 9.17) is 27.9 Å². The van der Waals surface area contributed by atoms with Crippen molar-refractivity contribution in [2.75, 3.05) is 18.5 Å². The maximum absolute atomic E-state index is 11.8. The Labute approximate surface area is 147 Å². The molecule has 2 rings (SSSR count). The number of pyridine rings is 1. The standard InChI is InChI=1S/C15H13Cl2N3O4/c16-12-4-2-10(8-13(12)17)15(21)24-7-1-6-18-14-5-3-11(9-19-14)20(22)23/h2-5,8-9H,1,6-7H2,(H,18,19). The first-order valence-electron chi connectivity index (χ1n) is 6.94. The van der Waals surface area contributed by atoms with E-state index in [2.05, 4.69) is 10.3 Å². The second kappa shape index (κ2) is 8.47. The first-order valence-corrected chi connectivity index (χ1v) is 7.69. The second-order valence-corrected chi connectivity index (χ2v) is 5.52. The van der Waals surface area contributed by atoms with Crippen molar-refractivity contribution in [3.05, 3.63) is 62.3 Å². The number of hydrogen-bond acceptors (Lipinski definition) is 6. The number of benzene rings is 1. The first-order chi connectivity index (χ1) is 11.5. The highest BCUT2D eigenvalue weighted by molar-refractivity contribution is 6.42. The lowest BCUT2D eigenvalue weighted by Crippen LogP contribution is -2.11. The summed E-state index contributed by atoms with van der Waals surface area (Å²) in [6, 6.07) is 7.39. The van der Waals surface area contributed by atoms with E-state index in [1.165, 1.54) is 36.5 Å². The van der Waals surface area contributed by atoms with Crippen molar-refractivity contribution in [1.29, 1.82) is 0 Å². The number of nitrogens with one attached hydrogen (secondary N) is 1. The largest absolute Gasteiger partial charge is 0.462 e. The molecule has 126 valence electrons. The minimum absolute atomic E-state index is 0.0731. The van der Waals surface area contributed by atoms with Crippen LogP contribution in [0.5, 0.6) is 0 Å². The van der Waals surface area contributed by atoms with E-state index in [0.717, 1.165) is 0 Å². The molecule has 0 radical (unpaired) electrons. The van der Waals surface area contributed by atoms with Crippen LogP contribution >= 0.6 is 23.2 Å². The van der Waals surface area contributed by atoms with Crippen molar-refractivity contribution < 1.29 is 14.5 Å². The normalized spacial score (nSPS) is 10.2. The summed E-state index contributed by atoms with van der Waals surface area (Å²) in [5.74, 6) is 0.0263. The van der Waals surface area contributed by atoms with Crippen LogP contribution in [0, 0.1) is 10.1 Å². The second-order valence-electron chi connectivity index (χ2n) is 4.70. The van der Waals surface area contributed by atoms with Crippen LogP contribution in [0.2, 0.25) is 10.0 Å². The van der Waals surface area contributed by atoms with Crippen molar-refractivity contribution in [3.63, 3.8) is 0 Å². The summed E-state index contributed by atoms with van der Waals surface area (Å²) in [6.07, 6.45) is 1.72. The van der Waals surface area contributed by atoms with Crippen LogP contribution < -0.4 is 5.32 Å². The van der Waals surface area contributed by atoms with E-state index in [1.807, 2.05) is 0 Å². The van der Waals surface area contributed by atoms with Crippen molar-refractivity contribution in [1.82, 2.24) is 4.98 Å². The molecule has 9 heteroatoms. The van der Waals surface area contributed by atoms with Crippen LogP contribution in [0.15, 0.2) is 36.5 Å². The average molecular weight is 370 g/mol.